The number of hydrogen-bond acceptors (Lipinski definition) is 4. The molecule has 0 saturated carbocycles. The molecule has 0 spiro atoms. The molecule has 0 aliphatic heterocycles. The van der Waals surface area contributed by atoms with Crippen molar-refractivity contribution in [2.24, 2.45) is 0 Å². The van der Waals surface area contributed by atoms with E-state index >= 15 is 0 Å². The Labute approximate surface area is 125 Å². The fraction of sp³-hybridized carbons (Fsp3) is 0.167. The Bertz CT molecular complexity index is 651. The molecule has 0 aliphatic carbocycles. The third-order valence-electron chi connectivity index (χ3n) is 2.58. The number of thiophene rings is 1. The molecule has 0 radical (unpaired) electrons. The molecule has 2 N–H and O–H groups in total. The molecule has 7 heteroatoms. The summed E-state index contributed by atoms with van der Waals surface area (Å²) in [7, 11) is -1.96. The maximum absolute atomic E-state index is 11.6. The van der Waals surface area contributed by atoms with E-state index < -0.39 is 10.0 Å². The number of nitrogens with one attached hydrogen (secondary N) is 2. The molecule has 1 aromatic carbocycles. The monoisotopic (exact) mass is 360 g/mol. The SMILES string of the molecule is CNS(=O)(=O)c1ccc(NCc2sccc2Br)cc1. The van der Waals surface area contributed by atoms with E-state index in [1.165, 1.54) is 11.9 Å². The molecular weight excluding hydrogens is 348 g/mol. The largest absolute Gasteiger partial charge is 0.380 e. The van der Waals surface area contributed by atoms with E-state index in [9.17, 15) is 8.42 Å². The topological polar surface area (TPSA) is 58.2 Å². The quantitative estimate of drug-likeness (QED) is 0.861. The Morgan fingerprint density at radius 1 is 1.21 bits per heavy atom. The Hall–Kier alpha value is -0.890. The molecule has 4 nitrogen and oxygen atoms in total. The second-order valence-electron chi connectivity index (χ2n) is 3.78. The van der Waals surface area contributed by atoms with Crippen LogP contribution >= 0.6 is 27.3 Å². The lowest BCUT2D eigenvalue weighted by Gasteiger charge is -2.07. The fourth-order valence-corrected chi connectivity index (χ4v) is 3.67. The molecule has 0 bridgehead atoms. The van der Waals surface area contributed by atoms with Gasteiger partial charge in [-0.15, -0.1) is 11.3 Å². The highest BCUT2D eigenvalue weighted by molar-refractivity contribution is 9.10. The summed E-state index contributed by atoms with van der Waals surface area (Å²) in [5.41, 5.74) is 0.885. The first-order valence-electron chi connectivity index (χ1n) is 5.52. The molecule has 0 aliphatic rings. The maximum atomic E-state index is 11.6. The van der Waals surface area contributed by atoms with E-state index in [2.05, 4.69) is 26.0 Å². The molecule has 0 atom stereocenters. The first kappa shape index (κ1) is 14.5. The van der Waals surface area contributed by atoms with Gasteiger partial charge < -0.3 is 5.32 Å². The predicted octanol–water partition coefficient (Wildman–Crippen LogP) is 3.03. The summed E-state index contributed by atoms with van der Waals surface area (Å²) in [4.78, 5) is 1.46. The zero-order chi connectivity index (χ0) is 13.9. The Morgan fingerprint density at radius 2 is 1.89 bits per heavy atom. The van der Waals surface area contributed by atoms with Gasteiger partial charge in [0.25, 0.3) is 0 Å². The van der Waals surface area contributed by atoms with Crippen LogP contribution in [0, 0.1) is 0 Å². The Balaban J connectivity index is 2.06. The maximum Gasteiger partial charge on any atom is 0.240 e. The average Bonchev–Trinajstić information content (AvgIpc) is 2.82. The molecular formula is C12H13BrN2O2S2. The van der Waals surface area contributed by atoms with Crippen LogP contribution in [0.1, 0.15) is 4.88 Å². The van der Waals surface area contributed by atoms with Gasteiger partial charge in [0, 0.05) is 15.0 Å². The Kier molecular flexibility index (Phi) is 4.62. The van der Waals surface area contributed by atoms with Crippen LogP contribution in [0.2, 0.25) is 0 Å². The van der Waals surface area contributed by atoms with Crippen LogP contribution < -0.4 is 10.0 Å². The number of hydrogen-bond donors (Lipinski definition) is 2. The summed E-state index contributed by atoms with van der Waals surface area (Å²) >= 11 is 5.13. The minimum absolute atomic E-state index is 0.262. The van der Waals surface area contributed by atoms with Crippen LogP contribution in [0.25, 0.3) is 0 Å². The van der Waals surface area contributed by atoms with Crippen molar-refractivity contribution in [2.75, 3.05) is 12.4 Å². The average molecular weight is 361 g/mol. The minimum atomic E-state index is -3.36. The van der Waals surface area contributed by atoms with E-state index in [-0.39, 0.29) is 4.90 Å². The summed E-state index contributed by atoms with van der Waals surface area (Å²) in [5.74, 6) is 0. The van der Waals surface area contributed by atoms with Crippen LogP contribution in [-0.2, 0) is 16.6 Å². The normalized spacial score (nSPS) is 11.5. The first-order chi connectivity index (χ1) is 9.03. The van der Waals surface area contributed by atoms with Gasteiger partial charge in [-0.2, -0.15) is 0 Å². The van der Waals surface area contributed by atoms with E-state index in [0.717, 1.165) is 10.2 Å². The second-order valence-corrected chi connectivity index (χ2v) is 7.52. The van der Waals surface area contributed by atoms with E-state index in [1.807, 2.05) is 11.4 Å². The van der Waals surface area contributed by atoms with Gasteiger partial charge >= 0.3 is 0 Å². The van der Waals surface area contributed by atoms with Gasteiger partial charge in [-0.05, 0) is 58.7 Å². The standard InChI is InChI=1S/C12H13BrN2O2S2/c1-14-19(16,17)10-4-2-9(3-5-10)15-8-12-11(13)6-7-18-12/h2-7,14-15H,8H2,1H3. The fourth-order valence-electron chi connectivity index (χ4n) is 1.50. The third-order valence-corrected chi connectivity index (χ3v) is 5.93. The van der Waals surface area contributed by atoms with E-state index in [1.54, 1.807) is 35.6 Å². The lowest BCUT2D eigenvalue weighted by atomic mass is 10.3. The lowest BCUT2D eigenvalue weighted by molar-refractivity contribution is 0.588. The van der Waals surface area contributed by atoms with Crippen LogP contribution in [0.3, 0.4) is 0 Å². The van der Waals surface area contributed by atoms with Crippen molar-refractivity contribution in [1.82, 2.24) is 4.72 Å². The number of halogens is 1. The zero-order valence-electron chi connectivity index (χ0n) is 10.2. The highest BCUT2D eigenvalue weighted by Gasteiger charge is 2.10. The lowest BCUT2D eigenvalue weighted by Crippen LogP contribution is -2.18. The summed E-state index contributed by atoms with van der Waals surface area (Å²) < 4.78 is 26.5. The van der Waals surface area contributed by atoms with Crippen molar-refractivity contribution >= 4 is 43.0 Å². The van der Waals surface area contributed by atoms with E-state index in [0.29, 0.717) is 6.54 Å². The number of rotatable bonds is 5. The van der Waals surface area contributed by atoms with Crippen LogP contribution in [0.15, 0.2) is 45.1 Å². The molecule has 0 unspecified atom stereocenters. The van der Waals surface area contributed by atoms with Crippen molar-refractivity contribution in [3.8, 4) is 0 Å². The van der Waals surface area contributed by atoms with Gasteiger partial charge in [0.15, 0.2) is 0 Å². The summed E-state index contributed by atoms with van der Waals surface area (Å²) in [6.07, 6.45) is 0. The molecule has 2 aromatic rings. The van der Waals surface area contributed by atoms with Crippen LogP contribution in [0.5, 0.6) is 0 Å². The summed E-state index contributed by atoms with van der Waals surface area (Å²) in [5, 5.41) is 5.27. The second kappa shape index (κ2) is 6.04. The Morgan fingerprint density at radius 3 is 2.42 bits per heavy atom. The van der Waals surface area contributed by atoms with Crippen molar-refractivity contribution in [3.63, 3.8) is 0 Å². The van der Waals surface area contributed by atoms with Crippen molar-refractivity contribution in [3.05, 3.63) is 45.1 Å². The molecule has 0 amide bonds. The molecule has 0 saturated heterocycles. The molecule has 1 aromatic heterocycles. The highest BCUT2D eigenvalue weighted by atomic mass is 79.9. The van der Waals surface area contributed by atoms with Gasteiger partial charge in [0.05, 0.1) is 11.4 Å². The third kappa shape index (κ3) is 3.56. The molecule has 2 rings (SSSR count). The first-order valence-corrected chi connectivity index (χ1v) is 8.68. The summed E-state index contributed by atoms with van der Waals surface area (Å²) in [6, 6.07) is 8.68. The molecule has 0 fully saturated rings. The number of anilines is 1. The summed E-state index contributed by atoms with van der Waals surface area (Å²) in [6.45, 7) is 0.705. The number of benzene rings is 1. The van der Waals surface area contributed by atoms with Crippen molar-refractivity contribution < 1.29 is 8.42 Å². The van der Waals surface area contributed by atoms with Crippen LogP contribution in [-0.4, -0.2) is 15.5 Å². The minimum Gasteiger partial charge on any atom is -0.380 e. The predicted molar refractivity (Wildman–Crippen MR) is 82.0 cm³/mol. The molecule has 1 heterocycles. The van der Waals surface area contributed by atoms with Gasteiger partial charge in [0.2, 0.25) is 10.0 Å². The van der Waals surface area contributed by atoms with Crippen LogP contribution in [0.4, 0.5) is 5.69 Å². The van der Waals surface area contributed by atoms with Gasteiger partial charge in [0.1, 0.15) is 0 Å². The highest BCUT2D eigenvalue weighted by Crippen LogP contribution is 2.24. The molecule has 102 valence electrons. The van der Waals surface area contributed by atoms with Gasteiger partial charge in [-0.1, -0.05) is 0 Å². The van der Waals surface area contributed by atoms with E-state index in [4.69, 9.17) is 0 Å². The number of sulfonamides is 1. The van der Waals surface area contributed by atoms with Crippen molar-refractivity contribution in [2.45, 2.75) is 11.4 Å². The van der Waals surface area contributed by atoms with Crippen molar-refractivity contribution in [1.29, 1.82) is 0 Å². The van der Waals surface area contributed by atoms with Gasteiger partial charge in [-0.25, -0.2) is 13.1 Å². The smallest absolute Gasteiger partial charge is 0.240 e. The van der Waals surface area contributed by atoms with Gasteiger partial charge in [-0.3, -0.25) is 0 Å². The zero-order valence-corrected chi connectivity index (χ0v) is 13.4. The molecule has 19 heavy (non-hydrogen) atoms.